The number of thiazole rings is 1. The maximum absolute atomic E-state index is 11.0. The van der Waals surface area contributed by atoms with E-state index in [9.17, 15) is 4.79 Å². The summed E-state index contributed by atoms with van der Waals surface area (Å²) in [5.41, 5.74) is 0.888. The van der Waals surface area contributed by atoms with Crippen molar-refractivity contribution < 1.29 is 19.4 Å². The average molecular weight is 367 g/mol. The number of carbonyl (C=O) groups is 1. The van der Waals surface area contributed by atoms with Crippen molar-refractivity contribution in [2.75, 3.05) is 43.0 Å². The van der Waals surface area contributed by atoms with Gasteiger partial charge in [0.25, 0.3) is 0 Å². The summed E-state index contributed by atoms with van der Waals surface area (Å²) in [7, 11) is 1.51. The predicted molar refractivity (Wildman–Crippen MR) is 94.6 cm³/mol. The maximum atomic E-state index is 11.0. The molecule has 0 amide bonds. The second-order valence-electron chi connectivity index (χ2n) is 4.99. The maximum Gasteiger partial charge on any atom is 0.335 e. The number of carboxylic acid groups (broad SMARTS) is 1. The Bertz CT molecular complexity index is 716. The summed E-state index contributed by atoms with van der Waals surface area (Å²) in [5, 5.41) is 12.8. The number of nitrogens with zero attached hydrogens (tertiary/aromatic N) is 2. The number of anilines is 2. The van der Waals surface area contributed by atoms with Crippen LogP contribution in [0.4, 0.5) is 10.8 Å². The number of benzene rings is 1. The Kier molecular flexibility index (Phi) is 5.44. The van der Waals surface area contributed by atoms with Crippen molar-refractivity contribution in [3.63, 3.8) is 0 Å². The van der Waals surface area contributed by atoms with Gasteiger partial charge in [0.1, 0.15) is 10.8 Å². The summed E-state index contributed by atoms with van der Waals surface area (Å²) in [6.07, 6.45) is 0. The normalized spacial score (nSPS) is 14.5. The third-order valence-electron chi connectivity index (χ3n) is 3.47. The van der Waals surface area contributed by atoms with E-state index in [0.717, 1.165) is 36.5 Å². The molecule has 24 heavy (non-hydrogen) atoms. The lowest BCUT2D eigenvalue weighted by atomic mass is 10.2. The van der Waals surface area contributed by atoms with E-state index in [0.29, 0.717) is 11.4 Å². The lowest BCUT2D eigenvalue weighted by Gasteiger charge is -2.25. The molecule has 0 bridgehead atoms. The molecule has 9 heteroatoms. The zero-order chi connectivity index (χ0) is 16.9. The summed E-state index contributed by atoms with van der Waals surface area (Å²) >= 11 is 2.96. The van der Waals surface area contributed by atoms with Gasteiger partial charge in [-0.05, 0) is 18.2 Å². The van der Waals surface area contributed by atoms with Crippen molar-refractivity contribution in [1.82, 2.24) is 4.98 Å². The minimum Gasteiger partial charge on any atom is -0.495 e. The molecule has 1 aromatic carbocycles. The summed E-state index contributed by atoms with van der Waals surface area (Å²) in [6, 6.07) is 4.71. The number of rotatable bonds is 6. The van der Waals surface area contributed by atoms with Crippen molar-refractivity contribution >= 4 is 40.1 Å². The highest BCUT2D eigenvalue weighted by Crippen LogP contribution is 2.32. The Morgan fingerprint density at radius 3 is 2.96 bits per heavy atom. The quantitative estimate of drug-likeness (QED) is 0.754. The average Bonchev–Trinajstić information content (AvgIpc) is 3.09. The van der Waals surface area contributed by atoms with Crippen LogP contribution >= 0.6 is 23.3 Å². The van der Waals surface area contributed by atoms with Crippen molar-refractivity contribution in [1.29, 1.82) is 0 Å². The van der Waals surface area contributed by atoms with Crippen LogP contribution < -0.4 is 14.4 Å². The first-order valence-electron chi connectivity index (χ1n) is 7.30. The molecule has 1 fully saturated rings. The monoisotopic (exact) mass is 367 g/mol. The molecule has 1 aliphatic rings. The van der Waals surface area contributed by atoms with Crippen LogP contribution in [0.1, 0.15) is 10.4 Å². The molecule has 128 valence electrons. The fraction of sp³-hybridized carbons (Fsp3) is 0.333. The number of hydrogen-bond donors (Lipinski definition) is 2. The third-order valence-corrected chi connectivity index (χ3v) is 5.26. The minimum absolute atomic E-state index is 0.186. The van der Waals surface area contributed by atoms with Gasteiger partial charge in [0.2, 0.25) is 0 Å². The molecule has 1 aromatic heterocycles. The number of carboxylic acids is 1. The van der Waals surface area contributed by atoms with Crippen LogP contribution in [0.25, 0.3) is 0 Å². The first-order valence-corrected chi connectivity index (χ1v) is 8.99. The largest absolute Gasteiger partial charge is 0.495 e. The molecule has 2 heterocycles. The van der Waals surface area contributed by atoms with E-state index in [2.05, 4.69) is 14.6 Å². The first-order chi connectivity index (χ1) is 11.7. The number of aromatic nitrogens is 1. The van der Waals surface area contributed by atoms with Gasteiger partial charge in [-0.25, -0.2) is 9.78 Å². The van der Waals surface area contributed by atoms with Crippen molar-refractivity contribution in [3.8, 4) is 5.75 Å². The van der Waals surface area contributed by atoms with E-state index in [1.807, 2.05) is 5.38 Å². The molecule has 0 atom stereocenters. The zero-order valence-corrected chi connectivity index (χ0v) is 14.7. The fourth-order valence-electron chi connectivity index (χ4n) is 2.21. The van der Waals surface area contributed by atoms with Crippen LogP contribution in [0.2, 0.25) is 0 Å². The number of ether oxygens (including phenoxy) is 2. The SMILES string of the molecule is COc1cc(C(=O)O)ccc1NSc1csc(N2CCOCC2)n1. The van der Waals surface area contributed by atoms with Gasteiger partial charge < -0.3 is 24.2 Å². The van der Waals surface area contributed by atoms with Crippen LogP contribution in [0, 0.1) is 0 Å². The van der Waals surface area contributed by atoms with Gasteiger partial charge >= 0.3 is 5.97 Å². The summed E-state index contributed by atoms with van der Waals surface area (Å²) in [5.74, 6) is -0.506. The van der Waals surface area contributed by atoms with Gasteiger partial charge in [-0.2, -0.15) is 0 Å². The van der Waals surface area contributed by atoms with Crippen molar-refractivity contribution in [3.05, 3.63) is 29.1 Å². The lowest BCUT2D eigenvalue weighted by Crippen LogP contribution is -2.36. The van der Waals surface area contributed by atoms with E-state index < -0.39 is 5.97 Å². The van der Waals surface area contributed by atoms with Crippen LogP contribution in [0.15, 0.2) is 28.6 Å². The summed E-state index contributed by atoms with van der Waals surface area (Å²) < 4.78 is 13.8. The zero-order valence-electron chi connectivity index (χ0n) is 13.0. The summed E-state index contributed by atoms with van der Waals surface area (Å²) in [4.78, 5) is 17.8. The van der Waals surface area contributed by atoms with Crippen LogP contribution in [-0.4, -0.2) is 49.5 Å². The first kappa shape index (κ1) is 16.9. The van der Waals surface area contributed by atoms with E-state index in [1.165, 1.54) is 31.2 Å². The molecule has 2 N–H and O–H groups in total. The van der Waals surface area contributed by atoms with E-state index in [1.54, 1.807) is 17.4 Å². The highest BCUT2D eigenvalue weighted by atomic mass is 32.2. The second-order valence-corrected chi connectivity index (χ2v) is 6.66. The third kappa shape index (κ3) is 3.92. The molecule has 0 unspecified atom stereocenters. The topological polar surface area (TPSA) is 83.9 Å². The van der Waals surface area contributed by atoms with Gasteiger partial charge in [0.05, 0.1) is 31.6 Å². The van der Waals surface area contributed by atoms with Gasteiger partial charge in [0, 0.05) is 30.4 Å². The molecule has 3 rings (SSSR count). The van der Waals surface area contributed by atoms with E-state index >= 15 is 0 Å². The second kappa shape index (κ2) is 7.73. The van der Waals surface area contributed by atoms with Gasteiger partial charge in [-0.15, -0.1) is 11.3 Å². The van der Waals surface area contributed by atoms with E-state index in [-0.39, 0.29) is 5.56 Å². The Labute approximate surface area is 147 Å². The molecule has 0 spiro atoms. The molecule has 0 radical (unpaired) electrons. The van der Waals surface area contributed by atoms with Gasteiger partial charge in [0.15, 0.2) is 5.13 Å². The minimum atomic E-state index is -0.984. The predicted octanol–water partition coefficient (Wildman–Crippen LogP) is 2.81. The lowest BCUT2D eigenvalue weighted by molar-refractivity contribution is 0.0696. The molecule has 1 saturated heterocycles. The highest BCUT2D eigenvalue weighted by molar-refractivity contribution is 8.00. The van der Waals surface area contributed by atoms with Gasteiger partial charge in [-0.3, -0.25) is 0 Å². The summed E-state index contributed by atoms with van der Waals surface area (Å²) in [6.45, 7) is 3.17. The van der Waals surface area contributed by atoms with Gasteiger partial charge in [-0.1, -0.05) is 0 Å². The molecule has 0 aliphatic carbocycles. The standard InChI is InChI=1S/C15H17N3O4S2/c1-21-12-8-10(14(19)20)2-3-11(12)17-24-13-9-23-15(16-13)18-4-6-22-7-5-18/h2-3,8-9,17H,4-7H2,1H3,(H,19,20). The molecular formula is C15H17N3O4S2. The molecule has 0 saturated carbocycles. The smallest absolute Gasteiger partial charge is 0.335 e. The highest BCUT2D eigenvalue weighted by Gasteiger charge is 2.15. The van der Waals surface area contributed by atoms with Crippen LogP contribution in [-0.2, 0) is 4.74 Å². The molecule has 1 aliphatic heterocycles. The van der Waals surface area contributed by atoms with E-state index in [4.69, 9.17) is 14.6 Å². The Hall–Kier alpha value is -1.97. The molecule has 2 aromatic rings. The molecular weight excluding hydrogens is 350 g/mol. The Balaban J connectivity index is 1.65. The van der Waals surface area contributed by atoms with Crippen molar-refractivity contribution in [2.45, 2.75) is 5.03 Å². The Morgan fingerprint density at radius 1 is 1.46 bits per heavy atom. The fourth-order valence-corrected chi connectivity index (χ4v) is 3.86. The van der Waals surface area contributed by atoms with Crippen LogP contribution in [0.5, 0.6) is 5.75 Å². The number of methoxy groups -OCH3 is 1. The Morgan fingerprint density at radius 2 is 2.25 bits per heavy atom. The van der Waals surface area contributed by atoms with Crippen molar-refractivity contribution in [2.24, 2.45) is 0 Å². The number of aromatic carboxylic acids is 1. The molecule has 7 nitrogen and oxygen atoms in total. The number of morpholine rings is 1. The number of nitrogens with one attached hydrogen (secondary N) is 1. The number of hydrogen-bond acceptors (Lipinski definition) is 8. The van der Waals surface area contributed by atoms with Crippen LogP contribution in [0.3, 0.4) is 0 Å².